The van der Waals surface area contributed by atoms with Crippen molar-refractivity contribution in [1.29, 1.82) is 0 Å². The third-order valence-corrected chi connectivity index (χ3v) is 4.06. The Kier molecular flexibility index (Phi) is 5.06. The zero-order chi connectivity index (χ0) is 12.8. The van der Waals surface area contributed by atoms with E-state index in [1.165, 1.54) is 48.9 Å². The Morgan fingerprint density at radius 2 is 1.94 bits per heavy atom. The van der Waals surface area contributed by atoms with Gasteiger partial charge in [-0.05, 0) is 56.0 Å². The number of hydrogen-bond acceptors (Lipinski definition) is 2. The minimum absolute atomic E-state index is 0.774. The van der Waals surface area contributed by atoms with Crippen molar-refractivity contribution in [3.05, 3.63) is 29.3 Å². The number of anilines is 1. The largest absolute Gasteiger partial charge is 0.388 e. The molecule has 0 saturated heterocycles. The van der Waals surface area contributed by atoms with Crippen LogP contribution in [0.5, 0.6) is 0 Å². The molecule has 0 amide bonds. The molecule has 1 saturated carbocycles. The first-order chi connectivity index (χ1) is 8.79. The van der Waals surface area contributed by atoms with Crippen molar-refractivity contribution < 1.29 is 0 Å². The van der Waals surface area contributed by atoms with Gasteiger partial charge in [-0.2, -0.15) is 0 Å². The molecule has 1 aromatic carbocycles. The Hall–Kier alpha value is -1.02. The summed E-state index contributed by atoms with van der Waals surface area (Å²) in [5.41, 5.74) is 4.07. The van der Waals surface area contributed by atoms with Crippen molar-refractivity contribution >= 4 is 5.69 Å². The summed E-state index contributed by atoms with van der Waals surface area (Å²) in [6.45, 7) is 3.32. The molecule has 100 valence electrons. The molecular weight excluding hydrogens is 220 g/mol. The third-order valence-electron chi connectivity index (χ3n) is 4.06. The van der Waals surface area contributed by atoms with E-state index in [1.54, 1.807) is 0 Å². The number of nitrogens with one attached hydrogen (secondary N) is 2. The van der Waals surface area contributed by atoms with E-state index in [2.05, 4.69) is 35.8 Å². The van der Waals surface area contributed by atoms with Gasteiger partial charge < -0.3 is 10.6 Å². The van der Waals surface area contributed by atoms with E-state index in [-0.39, 0.29) is 0 Å². The van der Waals surface area contributed by atoms with Crippen molar-refractivity contribution in [2.75, 3.05) is 18.9 Å². The maximum atomic E-state index is 3.71. The van der Waals surface area contributed by atoms with Gasteiger partial charge in [-0.15, -0.1) is 0 Å². The van der Waals surface area contributed by atoms with Crippen molar-refractivity contribution in [1.82, 2.24) is 5.32 Å². The summed E-state index contributed by atoms with van der Waals surface area (Å²) in [6.07, 6.45) is 8.14. The predicted molar refractivity (Wildman–Crippen MR) is 79.3 cm³/mol. The highest BCUT2D eigenvalue weighted by molar-refractivity contribution is 5.47. The average molecular weight is 246 g/mol. The highest BCUT2D eigenvalue weighted by Crippen LogP contribution is 2.18. The van der Waals surface area contributed by atoms with Crippen molar-refractivity contribution in [3.8, 4) is 0 Å². The summed E-state index contributed by atoms with van der Waals surface area (Å²) in [4.78, 5) is 0. The second-order valence-electron chi connectivity index (χ2n) is 5.43. The van der Waals surface area contributed by atoms with Crippen molar-refractivity contribution in [2.24, 2.45) is 0 Å². The van der Waals surface area contributed by atoms with Gasteiger partial charge in [0.25, 0.3) is 0 Å². The van der Waals surface area contributed by atoms with Crippen LogP contribution in [-0.2, 0) is 6.42 Å². The number of hydrogen-bond donors (Lipinski definition) is 2. The molecule has 1 fully saturated rings. The van der Waals surface area contributed by atoms with Crippen LogP contribution >= 0.6 is 0 Å². The second kappa shape index (κ2) is 6.79. The molecule has 1 aliphatic rings. The molecular formula is C16H26N2. The highest BCUT2D eigenvalue weighted by Gasteiger charge is 2.12. The first-order valence-electron chi connectivity index (χ1n) is 7.30. The molecule has 0 aliphatic heterocycles. The van der Waals surface area contributed by atoms with Crippen molar-refractivity contribution in [2.45, 2.75) is 51.5 Å². The number of benzene rings is 1. The van der Waals surface area contributed by atoms with Crippen LogP contribution in [0.3, 0.4) is 0 Å². The Morgan fingerprint density at radius 1 is 1.17 bits per heavy atom. The van der Waals surface area contributed by atoms with E-state index in [9.17, 15) is 0 Å². The average Bonchev–Trinajstić information content (AvgIpc) is 2.42. The fourth-order valence-corrected chi connectivity index (χ4v) is 2.85. The molecule has 2 nitrogen and oxygen atoms in total. The summed E-state index contributed by atoms with van der Waals surface area (Å²) in [5.74, 6) is 0. The SMILES string of the molecule is CNc1ccc(CCNC2CCCCC2)c(C)c1. The molecule has 18 heavy (non-hydrogen) atoms. The summed E-state index contributed by atoms with van der Waals surface area (Å²) < 4.78 is 0. The maximum Gasteiger partial charge on any atom is 0.0340 e. The van der Waals surface area contributed by atoms with Gasteiger partial charge in [-0.25, -0.2) is 0 Å². The lowest BCUT2D eigenvalue weighted by Crippen LogP contribution is -2.32. The lowest BCUT2D eigenvalue weighted by Gasteiger charge is -2.23. The van der Waals surface area contributed by atoms with Crippen LogP contribution in [0.1, 0.15) is 43.2 Å². The Morgan fingerprint density at radius 3 is 2.61 bits per heavy atom. The Bertz CT molecular complexity index is 367. The minimum Gasteiger partial charge on any atom is -0.388 e. The third kappa shape index (κ3) is 3.74. The van der Waals surface area contributed by atoms with Gasteiger partial charge in [-0.3, -0.25) is 0 Å². The van der Waals surface area contributed by atoms with E-state index in [0.29, 0.717) is 0 Å². The van der Waals surface area contributed by atoms with Gasteiger partial charge in [0.05, 0.1) is 0 Å². The van der Waals surface area contributed by atoms with Crippen LogP contribution in [0.25, 0.3) is 0 Å². The predicted octanol–water partition coefficient (Wildman–Crippen LogP) is 3.50. The van der Waals surface area contributed by atoms with Crippen LogP contribution in [0.15, 0.2) is 18.2 Å². The van der Waals surface area contributed by atoms with Gasteiger partial charge in [0, 0.05) is 18.8 Å². The first kappa shape index (κ1) is 13.4. The number of rotatable bonds is 5. The maximum absolute atomic E-state index is 3.71. The van der Waals surface area contributed by atoms with Crippen LogP contribution in [-0.4, -0.2) is 19.6 Å². The van der Waals surface area contributed by atoms with E-state index in [0.717, 1.165) is 19.0 Å². The molecule has 1 aromatic rings. The van der Waals surface area contributed by atoms with Crippen molar-refractivity contribution in [3.63, 3.8) is 0 Å². The molecule has 0 heterocycles. The summed E-state index contributed by atoms with van der Waals surface area (Å²) in [6, 6.07) is 7.43. The quantitative estimate of drug-likeness (QED) is 0.831. The molecule has 2 heteroatoms. The van der Waals surface area contributed by atoms with Gasteiger partial charge >= 0.3 is 0 Å². The molecule has 0 radical (unpaired) electrons. The van der Waals surface area contributed by atoms with Gasteiger partial charge in [-0.1, -0.05) is 25.3 Å². The van der Waals surface area contributed by atoms with Crippen LogP contribution < -0.4 is 10.6 Å². The van der Waals surface area contributed by atoms with E-state index in [4.69, 9.17) is 0 Å². The fourth-order valence-electron chi connectivity index (χ4n) is 2.85. The van der Waals surface area contributed by atoms with E-state index in [1.807, 2.05) is 7.05 Å². The zero-order valence-corrected chi connectivity index (χ0v) is 11.8. The van der Waals surface area contributed by atoms with Gasteiger partial charge in [0.2, 0.25) is 0 Å². The first-order valence-corrected chi connectivity index (χ1v) is 7.30. The second-order valence-corrected chi connectivity index (χ2v) is 5.43. The van der Waals surface area contributed by atoms with Crippen LogP contribution in [0.4, 0.5) is 5.69 Å². The molecule has 0 spiro atoms. The van der Waals surface area contributed by atoms with Crippen LogP contribution in [0, 0.1) is 6.92 Å². The summed E-state index contributed by atoms with van der Waals surface area (Å²) in [5, 5.41) is 6.90. The van der Waals surface area contributed by atoms with Gasteiger partial charge in [0.1, 0.15) is 0 Å². The van der Waals surface area contributed by atoms with Crippen LogP contribution in [0.2, 0.25) is 0 Å². The molecule has 1 aliphatic carbocycles. The normalized spacial score (nSPS) is 16.8. The smallest absolute Gasteiger partial charge is 0.0340 e. The summed E-state index contributed by atoms with van der Waals surface area (Å²) in [7, 11) is 1.97. The standard InChI is InChI=1S/C16H26N2/c1-13-12-16(17-2)9-8-14(13)10-11-18-15-6-4-3-5-7-15/h8-9,12,15,17-18H,3-7,10-11H2,1-2H3. The fraction of sp³-hybridized carbons (Fsp3) is 0.625. The molecule has 0 unspecified atom stereocenters. The molecule has 0 aromatic heterocycles. The lowest BCUT2D eigenvalue weighted by molar-refractivity contribution is 0.375. The Balaban J connectivity index is 1.79. The minimum atomic E-state index is 0.774. The van der Waals surface area contributed by atoms with E-state index < -0.39 is 0 Å². The number of aryl methyl sites for hydroxylation is 1. The molecule has 2 N–H and O–H groups in total. The lowest BCUT2D eigenvalue weighted by atomic mass is 9.95. The topological polar surface area (TPSA) is 24.1 Å². The molecule has 2 rings (SSSR count). The van der Waals surface area contributed by atoms with E-state index >= 15 is 0 Å². The zero-order valence-electron chi connectivity index (χ0n) is 11.8. The van der Waals surface area contributed by atoms with Gasteiger partial charge in [0.15, 0.2) is 0 Å². The highest BCUT2D eigenvalue weighted by atomic mass is 14.9. The summed E-state index contributed by atoms with van der Waals surface area (Å²) >= 11 is 0. The monoisotopic (exact) mass is 246 g/mol. The molecule has 0 atom stereocenters. The Labute approximate surface area is 111 Å². The molecule has 0 bridgehead atoms.